The van der Waals surface area contributed by atoms with Crippen molar-refractivity contribution < 1.29 is 9.53 Å². The highest BCUT2D eigenvalue weighted by Gasteiger charge is 2.33. The Bertz CT molecular complexity index is 195. The molecule has 0 aliphatic carbocycles. The molecule has 2 saturated heterocycles. The van der Waals surface area contributed by atoms with Crippen LogP contribution in [0.15, 0.2) is 0 Å². The number of ether oxygens (including phenoxy) is 1. The van der Waals surface area contributed by atoms with Crippen molar-refractivity contribution in [2.75, 3.05) is 33.3 Å². The van der Waals surface area contributed by atoms with Gasteiger partial charge in [0.15, 0.2) is 0 Å². The van der Waals surface area contributed by atoms with E-state index in [1.807, 2.05) is 4.90 Å². The quantitative estimate of drug-likeness (QED) is 0.518. The first-order valence-electron chi connectivity index (χ1n) is 4.39. The van der Waals surface area contributed by atoms with E-state index in [1.165, 1.54) is 0 Å². The Labute approximate surface area is 72.1 Å². The van der Waals surface area contributed by atoms with Gasteiger partial charge in [0.1, 0.15) is 0 Å². The number of piperazine rings is 1. The molecule has 0 bridgehead atoms. The highest BCUT2D eigenvalue weighted by molar-refractivity contribution is 5.69. The van der Waals surface area contributed by atoms with Gasteiger partial charge in [-0.15, -0.1) is 0 Å². The zero-order valence-corrected chi connectivity index (χ0v) is 7.32. The summed E-state index contributed by atoms with van der Waals surface area (Å²) in [6, 6.07) is 0.394. The molecule has 0 N–H and O–H groups in total. The number of amides is 1. The maximum Gasteiger partial charge on any atom is 0.410 e. The standard InChI is InChI=1S/C8H14N2O2/c1-9-3-4-10-7(6-9)2-5-12-8(10)11/h7H,2-6H2,1H3/t7-/m1/s1. The maximum atomic E-state index is 11.2. The molecule has 1 atom stereocenters. The van der Waals surface area contributed by atoms with E-state index in [2.05, 4.69) is 11.9 Å². The summed E-state index contributed by atoms with van der Waals surface area (Å²) in [5.74, 6) is 0. The van der Waals surface area contributed by atoms with Crippen LogP contribution in [-0.2, 0) is 4.74 Å². The highest BCUT2D eigenvalue weighted by Crippen LogP contribution is 2.17. The molecule has 2 fully saturated rings. The lowest BCUT2D eigenvalue weighted by Gasteiger charge is -2.41. The number of carbonyl (C=O) groups is 1. The van der Waals surface area contributed by atoms with Crippen molar-refractivity contribution in [1.82, 2.24) is 9.80 Å². The van der Waals surface area contributed by atoms with Crippen LogP contribution in [0.3, 0.4) is 0 Å². The summed E-state index contributed by atoms with van der Waals surface area (Å²) in [5, 5.41) is 0. The molecular weight excluding hydrogens is 156 g/mol. The minimum Gasteiger partial charge on any atom is -0.449 e. The number of nitrogens with zero attached hydrogens (tertiary/aromatic N) is 2. The van der Waals surface area contributed by atoms with E-state index < -0.39 is 0 Å². The molecule has 0 aromatic carbocycles. The minimum atomic E-state index is -0.126. The van der Waals surface area contributed by atoms with Crippen LogP contribution in [0, 0.1) is 0 Å². The SMILES string of the molecule is CN1CCN2C(=O)OCC[C@@H]2C1. The Morgan fingerprint density at radius 3 is 3.17 bits per heavy atom. The van der Waals surface area contributed by atoms with Gasteiger partial charge in [-0.1, -0.05) is 0 Å². The van der Waals surface area contributed by atoms with Gasteiger partial charge in [0.2, 0.25) is 0 Å². The van der Waals surface area contributed by atoms with Gasteiger partial charge in [-0.2, -0.15) is 0 Å². The number of carbonyl (C=O) groups excluding carboxylic acids is 1. The van der Waals surface area contributed by atoms with Crippen molar-refractivity contribution >= 4 is 6.09 Å². The Balaban J connectivity index is 2.04. The number of hydrogen-bond acceptors (Lipinski definition) is 3. The monoisotopic (exact) mass is 170 g/mol. The van der Waals surface area contributed by atoms with E-state index in [9.17, 15) is 4.79 Å². The second kappa shape index (κ2) is 2.94. The van der Waals surface area contributed by atoms with E-state index in [0.717, 1.165) is 26.1 Å². The third-order valence-corrected chi connectivity index (χ3v) is 2.60. The minimum absolute atomic E-state index is 0.126. The fraction of sp³-hybridized carbons (Fsp3) is 0.875. The fourth-order valence-corrected chi connectivity index (χ4v) is 1.86. The summed E-state index contributed by atoms with van der Waals surface area (Å²) >= 11 is 0. The summed E-state index contributed by atoms with van der Waals surface area (Å²) < 4.78 is 4.95. The van der Waals surface area contributed by atoms with E-state index in [0.29, 0.717) is 12.6 Å². The van der Waals surface area contributed by atoms with Gasteiger partial charge in [-0.25, -0.2) is 4.79 Å². The lowest BCUT2D eigenvalue weighted by atomic mass is 10.1. The van der Waals surface area contributed by atoms with Gasteiger partial charge in [0, 0.05) is 26.1 Å². The maximum absolute atomic E-state index is 11.2. The average molecular weight is 170 g/mol. The molecule has 68 valence electrons. The zero-order chi connectivity index (χ0) is 8.55. The fourth-order valence-electron chi connectivity index (χ4n) is 1.86. The molecule has 12 heavy (non-hydrogen) atoms. The number of hydrogen-bond donors (Lipinski definition) is 0. The Morgan fingerprint density at radius 1 is 1.50 bits per heavy atom. The summed E-state index contributed by atoms with van der Waals surface area (Å²) in [5.41, 5.74) is 0. The Kier molecular flexibility index (Phi) is 1.92. The van der Waals surface area contributed by atoms with Crippen molar-refractivity contribution in [2.45, 2.75) is 12.5 Å². The van der Waals surface area contributed by atoms with Crippen molar-refractivity contribution in [3.8, 4) is 0 Å². The summed E-state index contributed by atoms with van der Waals surface area (Å²) in [4.78, 5) is 15.3. The van der Waals surface area contributed by atoms with Gasteiger partial charge >= 0.3 is 6.09 Å². The molecule has 0 saturated carbocycles. The molecule has 4 nitrogen and oxygen atoms in total. The van der Waals surface area contributed by atoms with E-state index >= 15 is 0 Å². The van der Waals surface area contributed by atoms with E-state index in [4.69, 9.17) is 4.74 Å². The third kappa shape index (κ3) is 1.27. The molecule has 2 heterocycles. The van der Waals surface area contributed by atoms with Crippen LogP contribution in [-0.4, -0.2) is 55.2 Å². The number of cyclic esters (lactones) is 1. The third-order valence-electron chi connectivity index (χ3n) is 2.60. The second-order valence-corrected chi connectivity index (χ2v) is 3.51. The van der Waals surface area contributed by atoms with Crippen LogP contribution in [0.25, 0.3) is 0 Å². The van der Waals surface area contributed by atoms with Crippen LogP contribution in [0.4, 0.5) is 4.79 Å². The molecule has 0 unspecified atom stereocenters. The molecule has 4 heteroatoms. The van der Waals surface area contributed by atoms with E-state index in [-0.39, 0.29) is 6.09 Å². The lowest BCUT2D eigenvalue weighted by molar-refractivity contribution is 0.0121. The number of likely N-dealkylation sites (N-methyl/N-ethyl adjacent to an activating group) is 1. The molecule has 2 rings (SSSR count). The molecule has 0 radical (unpaired) electrons. The predicted octanol–water partition coefficient (Wildman–Crippen LogP) is 0.143. The molecule has 0 spiro atoms. The summed E-state index contributed by atoms with van der Waals surface area (Å²) in [6.45, 7) is 3.37. The van der Waals surface area contributed by atoms with Gasteiger partial charge in [-0.3, -0.25) is 0 Å². The zero-order valence-electron chi connectivity index (χ0n) is 7.32. The Hall–Kier alpha value is -0.770. The van der Waals surface area contributed by atoms with Gasteiger partial charge < -0.3 is 14.5 Å². The topological polar surface area (TPSA) is 32.8 Å². The molecule has 0 aromatic heterocycles. The first-order chi connectivity index (χ1) is 5.77. The average Bonchev–Trinajstić information content (AvgIpc) is 2.04. The first-order valence-corrected chi connectivity index (χ1v) is 4.39. The van der Waals surface area contributed by atoms with Crippen molar-refractivity contribution in [1.29, 1.82) is 0 Å². The van der Waals surface area contributed by atoms with Gasteiger partial charge in [0.25, 0.3) is 0 Å². The predicted molar refractivity (Wildman–Crippen MR) is 44.0 cm³/mol. The molecule has 2 aliphatic heterocycles. The van der Waals surface area contributed by atoms with Crippen LogP contribution in [0.2, 0.25) is 0 Å². The largest absolute Gasteiger partial charge is 0.449 e. The number of rotatable bonds is 0. The molecular formula is C8H14N2O2. The van der Waals surface area contributed by atoms with Crippen LogP contribution >= 0.6 is 0 Å². The van der Waals surface area contributed by atoms with Gasteiger partial charge in [-0.05, 0) is 7.05 Å². The summed E-state index contributed by atoms with van der Waals surface area (Å²) in [7, 11) is 2.09. The van der Waals surface area contributed by atoms with Crippen LogP contribution in [0.1, 0.15) is 6.42 Å². The first kappa shape index (κ1) is 7.86. The van der Waals surface area contributed by atoms with Crippen LogP contribution in [0.5, 0.6) is 0 Å². The Morgan fingerprint density at radius 2 is 2.33 bits per heavy atom. The highest BCUT2D eigenvalue weighted by atomic mass is 16.6. The summed E-state index contributed by atoms with van der Waals surface area (Å²) in [6.07, 6.45) is 0.857. The van der Waals surface area contributed by atoms with Crippen molar-refractivity contribution in [2.24, 2.45) is 0 Å². The van der Waals surface area contributed by atoms with Gasteiger partial charge in [0.05, 0.1) is 12.6 Å². The van der Waals surface area contributed by atoms with Crippen molar-refractivity contribution in [3.63, 3.8) is 0 Å². The normalized spacial score (nSPS) is 31.2. The van der Waals surface area contributed by atoms with Crippen LogP contribution < -0.4 is 0 Å². The number of fused-ring (bicyclic) bond motifs is 1. The van der Waals surface area contributed by atoms with Crippen molar-refractivity contribution in [3.05, 3.63) is 0 Å². The smallest absolute Gasteiger partial charge is 0.410 e. The lowest BCUT2D eigenvalue weighted by Crippen LogP contribution is -2.56. The second-order valence-electron chi connectivity index (χ2n) is 3.51. The molecule has 1 amide bonds. The van der Waals surface area contributed by atoms with E-state index in [1.54, 1.807) is 0 Å². The molecule has 2 aliphatic rings. The molecule has 0 aromatic rings.